The van der Waals surface area contributed by atoms with Crippen molar-refractivity contribution in [3.05, 3.63) is 85.9 Å². The molecule has 0 radical (unpaired) electrons. The Morgan fingerprint density at radius 1 is 1.00 bits per heavy atom. The molecule has 0 saturated heterocycles. The highest BCUT2D eigenvalue weighted by Crippen LogP contribution is 2.38. The lowest BCUT2D eigenvalue weighted by atomic mass is 10.1. The zero-order valence-electron chi connectivity index (χ0n) is 20.0. The van der Waals surface area contributed by atoms with Crippen LogP contribution in [0, 0.1) is 10.1 Å². The fourth-order valence-corrected chi connectivity index (χ4v) is 3.55. The van der Waals surface area contributed by atoms with Crippen LogP contribution in [0.1, 0.15) is 35.3 Å². The molecule has 0 fully saturated rings. The highest BCUT2D eigenvalue weighted by atomic mass is 79.9. The van der Waals surface area contributed by atoms with Gasteiger partial charge in [-0.05, 0) is 62.4 Å². The van der Waals surface area contributed by atoms with Crippen LogP contribution in [0.4, 0.5) is 18.9 Å². The van der Waals surface area contributed by atoms with Crippen molar-refractivity contribution >= 4 is 33.7 Å². The Balaban J connectivity index is 1.83. The number of hydrazone groups is 1. The molecule has 3 aromatic carbocycles. The number of carbonyl (C=O) groups is 1. The molecule has 38 heavy (non-hydrogen) atoms. The number of hydrogen-bond donors (Lipinski definition) is 1. The summed E-state index contributed by atoms with van der Waals surface area (Å²) in [5.74, 6) is -0.0221. The maximum atomic E-state index is 13.0. The van der Waals surface area contributed by atoms with Gasteiger partial charge in [-0.1, -0.05) is 15.9 Å². The van der Waals surface area contributed by atoms with Crippen molar-refractivity contribution in [1.82, 2.24) is 5.43 Å². The Kier molecular flexibility index (Phi) is 9.29. The standard InChI is InChI=1S/C25H21BrF3N3O6/c1-3-36-22-8-5-15(12-23(22)37-4-2)24(33)31-30-14-16-11-18(26)7-10-20(16)38-21-9-6-17(25(27,28)29)13-19(21)32(34)35/h5-14H,3-4H2,1-2H3,(H,31,33)/b30-14+. The number of rotatable bonds is 10. The summed E-state index contributed by atoms with van der Waals surface area (Å²) < 4.78 is 56.2. The van der Waals surface area contributed by atoms with Gasteiger partial charge < -0.3 is 14.2 Å². The smallest absolute Gasteiger partial charge is 0.416 e. The van der Waals surface area contributed by atoms with Gasteiger partial charge in [-0.2, -0.15) is 18.3 Å². The van der Waals surface area contributed by atoms with Crippen LogP contribution in [0.15, 0.2) is 64.2 Å². The Labute approximate surface area is 223 Å². The first-order valence-corrected chi connectivity index (χ1v) is 11.9. The summed E-state index contributed by atoms with van der Waals surface area (Å²) in [7, 11) is 0. The third kappa shape index (κ3) is 7.22. The number of benzene rings is 3. The van der Waals surface area contributed by atoms with Crippen molar-refractivity contribution in [1.29, 1.82) is 0 Å². The van der Waals surface area contributed by atoms with Gasteiger partial charge >= 0.3 is 11.9 Å². The fourth-order valence-electron chi connectivity index (χ4n) is 3.17. The van der Waals surface area contributed by atoms with Gasteiger partial charge in [0.25, 0.3) is 5.91 Å². The first-order chi connectivity index (χ1) is 18.0. The molecular weight excluding hydrogens is 575 g/mol. The summed E-state index contributed by atoms with van der Waals surface area (Å²) >= 11 is 3.29. The number of ether oxygens (including phenoxy) is 3. The van der Waals surface area contributed by atoms with E-state index < -0.39 is 34.0 Å². The molecule has 0 bridgehead atoms. The Hall–Kier alpha value is -4.13. The van der Waals surface area contributed by atoms with Crippen LogP contribution < -0.4 is 19.6 Å². The molecule has 1 N–H and O–H groups in total. The number of hydrogen-bond acceptors (Lipinski definition) is 7. The number of amides is 1. The largest absolute Gasteiger partial charge is 0.490 e. The Morgan fingerprint density at radius 2 is 1.66 bits per heavy atom. The lowest BCUT2D eigenvalue weighted by Gasteiger charge is -2.12. The average molecular weight is 596 g/mol. The predicted octanol–water partition coefficient (Wildman–Crippen LogP) is 6.73. The normalized spacial score (nSPS) is 11.3. The molecular formula is C25H21BrF3N3O6. The van der Waals surface area contributed by atoms with Gasteiger partial charge in [-0.15, -0.1) is 0 Å². The van der Waals surface area contributed by atoms with Gasteiger partial charge in [-0.25, -0.2) is 5.43 Å². The van der Waals surface area contributed by atoms with Gasteiger partial charge in [0, 0.05) is 21.7 Å². The summed E-state index contributed by atoms with van der Waals surface area (Å²) in [4.78, 5) is 23.0. The lowest BCUT2D eigenvalue weighted by Crippen LogP contribution is -2.18. The van der Waals surface area contributed by atoms with Crippen molar-refractivity contribution < 1.29 is 37.1 Å². The molecule has 0 unspecified atom stereocenters. The second kappa shape index (κ2) is 12.4. The van der Waals surface area contributed by atoms with Gasteiger partial charge in [0.05, 0.1) is 29.9 Å². The summed E-state index contributed by atoms with van der Waals surface area (Å²) in [5, 5.41) is 15.3. The van der Waals surface area contributed by atoms with Crippen LogP contribution in [0.25, 0.3) is 0 Å². The number of nitrogens with zero attached hydrogens (tertiary/aromatic N) is 2. The topological polar surface area (TPSA) is 112 Å². The van der Waals surface area contributed by atoms with Crippen LogP contribution in [-0.2, 0) is 6.18 Å². The van der Waals surface area contributed by atoms with Crippen LogP contribution in [0.2, 0.25) is 0 Å². The van der Waals surface area contributed by atoms with Gasteiger partial charge in [0.1, 0.15) is 5.75 Å². The van der Waals surface area contributed by atoms with E-state index in [0.29, 0.717) is 41.3 Å². The number of halogens is 4. The van der Waals surface area contributed by atoms with Crippen LogP contribution in [-0.4, -0.2) is 30.3 Å². The predicted molar refractivity (Wildman–Crippen MR) is 136 cm³/mol. The molecule has 3 rings (SSSR count). The second-order valence-electron chi connectivity index (χ2n) is 7.45. The second-order valence-corrected chi connectivity index (χ2v) is 8.36. The molecule has 0 atom stereocenters. The number of nitro benzene ring substituents is 1. The van der Waals surface area contributed by atoms with Gasteiger partial charge in [-0.3, -0.25) is 14.9 Å². The monoisotopic (exact) mass is 595 g/mol. The number of nitrogens with one attached hydrogen (secondary N) is 1. The van der Waals surface area contributed by atoms with Crippen LogP contribution in [0.5, 0.6) is 23.0 Å². The average Bonchev–Trinajstić information content (AvgIpc) is 2.86. The lowest BCUT2D eigenvalue weighted by molar-refractivity contribution is -0.385. The Morgan fingerprint density at radius 3 is 2.32 bits per heavy atom. The van der Waals surface area contributed by atoms with E-state index in [2.05, 4.69) is 26.5 Å². The SMILES string of the molecule is CCOc1ccc(C(=O)N/N=C/c2cc(Br)ccc2Oc2ccc(C(F)(F)F)cc2[N+](=O)[O-])cc1OCC. The van der Waals surface area contributed by atoms with E-state index in [0.717, 1.165) is 6.07 Å². The molecule has 3 aromatic rings. The molecule has 0 aromatic heterocycles. The third-order valence-electron chi connectivity index (χ3n) is 4.85. The highest BCUT2D eigenvalue weighted by Gasteiger charge is 2.33. The molecule has 1 amide bonds. The van der Waals surface area contributed by atoms with E-state index in [1.807, 2.05) is 6.92 Å². The van der Waals surface area contributed by atoms with E-state index in [1.165, 1.54) is 24.4 Å². The van der Waals surface area contributed by atoms with Gasteiger partial charge in [0.2, 0.25) is 5.75 Å². The van der Waals surface area contributed by atoms with Crippen molar-refractivity contribution in [3.8, 4) is 23.0 Å². The van der Waals surface area contributed by atoms with Crippen molar-refractivity contribution in [2.75, 3.05) is 13.2 Å². The summed E-state index contributed by atoms with van der Waals surface area (Å²) in [6.07, 6.45) is -3.53. The Bertz CT molecular complexity index is 1360. The number of nitro groups is 1. The van der Waals surface area contributed by atoms with Crippen LogP contribution >= 0.6 is 15.9 Å². The molecule has 13 heteroatoms. The summed E-state index contributed by atoms with van der Waals surface area (Å²) in [6.45, 7) is 4.40. The highest BCUT2D eigenvalue weighted by molar-refractivity contribution is 9.10. The number of carbonyl (C=O) groups excluding carboxylic acids is 1. The summed E-state index contributed by atoms with van der Waals surface area (Å²) in [6, 6.07) is 11.2. The molecule has 0 aliphatic heterocycles. The van der Waals surface area contributed by atoms with Crippen molar-refractivity contribution in [2.24, 2.45) is 5.10 Å². The van der Waals surface area contributed by atoms with E-state index in [4.69, 9.17) is 14.2 Å². The molecule has 0 saturated carbocycles. The summed E-state index contributed by atoms with van der Waals surface area (Å²) in [5.41, 5.74) is 0.843. The van der Waals surface area contributed by atoms with Gasteiger partial charge in [0.15, 0.2) is 11.5 Å². The first kappa shape index (κ1) is 28.4. The maximum Gasteiger partial charge on any atom is 0.416 e. The minimum atomic E-state index is -4.76. The molecule has 200 valence electrons. The fraction of sp³-hybridized carbons (Fsp3) is 0.200. The van der Waals surface area contributed by atoms with Crippen molar-refractivity contribution in [3.63, 3.8) is 0 Å². The molecule has 0 heterocycles. The maximum absolute atomic E-state index is 13.0. The molecule has 0 aliphatic rings. The third-order valence-corrected chi connectivity index (χ3v) is 5.34. The first-order valence-electron chi connectivity index (χ1n) is 11.1. The number of alkyl halides is 3. The van der Waals surface area contributed by atoms with E-state index >= 15 is 0 Å². The van der Waals surface area contributed by atoms with E-state index in [9.17, 15) is 28.1 Å². The van der Waals surface area contributed by atoms with E-state index in [-0.39, 0.29) is 16.9 Å². The quantitative estimate of drug-likeness (QED) is 0.158. The van der Waals surface area contributed by atoms with E-state index in [1.54, 1.807) is 25.1 Å². The zero-order chi connectivity index (χ0) is 27.9. The minimum Gasteiger partial charge on any atom is -0.490 e. The zero-order valence-corrected chi connectivity index (χ0v) is 21.6. The van der Waals surface area contributed by atoms with Crippen LogP contribution in [0.3, 0.4) is 0 Å². The van der Waals surface area contributed by atoms with Crippen molar-refractivity contribution in [2.45, 2.75) is 20.0 Å². The minimum absolute atomic E-state index is 0.0498. The molecule has 0 spiro atoms. The molecule has 0 aliphatic carbocycles. The molecule has 9 nitrogen and oxygen atoms in total.